The lowest BCUT2D eigenvalue weighted by Gasteiger charge is -2.03. The van der Waals surface area contributed by atoms with Crippen molar-refractivity contribution in [3.8, 4) is 5.69 Å². The molecule has 0 saturated carbocycles. The van der Waals surface area contributed by atoms with E-state index in [0.29, 0.717) is 22.1 Å². The molecule has 0 spiro atoms. The highest BCUT2D eigenvalue weighted by molar-refractivity contribution is 6.29. The van der Waals surface area contributed by atoms with Gasteiger partial charge in [-0.05, 0) is 41.0 Å². The van der Waals surface area contributed by atoms with Crippen LogP contribution in [-0.4, -0.2) is 37.4 Å². The van der Waals surface area contributed by atoms with Gasteiger partial charge in [0.15, 0.2) is 0 Å². The van der Waals surface area contributed by atoms with Crippen molar-refractivity contribution < 1.29 is 4.79 Å². The Morgan fingerprint density at radius 3 is 2.64 bits per heavy atom. The van der Waals surface area contributed by atoms with Crippen LogP contribution in [0.3, 0.4) is 0 Å². The van der Waals surface area contributed by atoms with E-state index < -0.39 is 11.7 Å². The van der Waals surface area contributed by atoms with Crippen LogP contribution in [0.2, 0.25) is 5.15 Å². The van der Waals surface area contributed by atoms with Gasteiger partial charge < -0.3 is 5.32 Å². The van der Waals surface area contributed by atoms with Crippen LogP contribution in [0.15, 0.2) is 53.5 Å². The predicted octanol–water partition coefficient (Wildman–Crippen LogP) is 1.67. The number of nitrogens with zero attached hydrogens (tertiary/aromatic N) is 5. The number of aryl methyl sites for hydroxylation is 1. The summed E-state index contributed by atoms with van der Waals surface area (Å²) in [5.41, 5.74) is 0.886. The number of hydrogen-bond acceptors (Lipinski definition) is 5. The molecule has 9 heteroatoms. The van der Waals surface area contributed by atoms with Gasteiger partial charge in [0, 0.05) is 6.54 Å². The van der Waals surface area contributed by atoms with Crippen LogP contribution in [0.1, 0.15) is 12.0 Å². The van der Waals surface area contributed by atoms with Gasteiger partial charge in [-0.3, -0.25) is 0 Å². The van der Waals surface area contributed by atoms with Crippen LogP contribution in [-0.2, 0) is 6.42 Å². The largest absolute Gasteiger partial charge is 0.377 e. The number of carbonyl (C=O) groups is 1. The summed E-state index contributed by atoms with van der Waals surface area (Å²) in [6, 6.07) is 12.4. The van der Waals surface area contributed by atoms with E-state index in [1.54, 1.807) is 6.07 Å². The second kappa shape index (κ2) is 7.71. The third-order valence-corrected chi connectivity index (χ3v) is 3.71. The maximum Gasteiger partial charge on any atom is 0.377 e. The van der Waals surface area contributed by atoms with Crippen LogP contribution < -0.4 is 11.0 Å². The fourth-order valence-electron chi connectivity index (χ4n) is 2.24. The van der Waals surface area contributed by atoms with Crippen LogP contribution in [0, 0.1) is 0 Å². The van der Waals surface area contributed by atoms with Crippen molar-refractivity contribution in [2.24, 2.45) is 0 Å². The molecule has 0 atom stereocenters. The molecule has 128 valence electrons. The summed E-state index contributed by atoms with van der Waals surface area (Å²) in [4.78, 5) is 28.2. The standard InChI is InChI=1S/C16H15ClN6O2/c17-14-9-8-13(11-19-14)22-16(25)23(21-20-22)15(24)18-10-4-7-12-5-2-1-3-6-12/h1-3,5-6,8-9,11H,4,7,10H2,(H,18,24). The molecular formula is C16H15ClN6O2. The van der Waals surface area contributed by atoms with Gasteiger partial charge in [-0.1, -0.05) is 41.9 Å². The Morgan fingerprint density at radius 1 is 1.12 bits per heavy atom. The van der Waals surface area contributed by atoms with Crippen LogP contribution in [0.5, 0.6) is 0 Å². The Kier molecular flexibility index (Phi) is 5.20. The first kappa shape index (κ1) is 16.8. The second-order valence-electron chi connectivity index (χ2n) is 5.25. The minimum Gasteiger partial charge on any atom is -0.336 e. The highest BCUT2D eigenvalue weighted by Crippen LogP contribution is 2.06. The quantitative estimate of drug-likeness (QED) is 0.425. The van der Waals surface area contributed by atoms with Gasteiger partial charge in [0.1, 0.15) is 5.15 Å². The number of aromatic nitrogens is 5. The lowest BCUT2D eigenvalue weighted by atomic mass is 10.1. The van der Waals surface area contributed by atoms with Crippen molar-refractivity contribution in [3.63, 3.8) is 0 Å². The molecule has 1 amide bonds. The number of pyridine rings is 1. The number of carbonyl (C=O) groups excluding carboxylic acids is 1. The molecule has 0 aliphatic heterocycles. The van der Waals surface area contributed by atoms with Gasteiger partial charge in [0.25, 0.3) is 0 Å². The summed E-state index contributed by atoms with van der Waals surface area (Å²) in [6.07, 6.45) is 2.96. The number of benzene rings is 1. The summed E-state index contributed by atoms with van der Waals surface area (Å²) in [5.74, 6) is 0. The van der Waals surface area contributed by atoms with Gasteiger partial charge in [-0.25, -0.2) is 14.6 Å². The summed E-state index contributed by atoms with van der Waals surface area (Å²) in [5, 5.41) is 10.2. The van der Waals surface area contributed by atoms with Gasteiger partial charge in [0.05, 0.1) is 11.9 Å². The van der Waals surface area contributed by atoms with E-state index in [2.05, 4.69) is 20.7 Å². The SMILES string of the molecule is O=C(NCCCc1ccccc1)n1nnn(-c2ccc(Cl)nc2)c1=O. The minimum absolute atomic E-state index is 0.292. The van der Waals surface area contributed by atoms with Crippen molar-refractivity contribution in [2.45, 2.75) is 12.8 Å². The zero-order valence-corrected chi connectivity index (χ0v) is 13.9. The Labute approximate surface area is 148 Å². The average Bonchev–Trinajstić information content (AvgIpc) is 3.02. The Morgan fingerprint density at radius 2 is 1.92 bits per heavy atom. The number of rotatable bonds is 5. The monoisotopic (exact) mass is 358 g/mol. The van der Waals surface area contributed by atoms with Crippen LogP contribution in [0.25, 0.3) is 5.69 Å². The van der Waals surface area contributed by atoms with E-state index in [9.17, 15) is 9.59 Å². The van der Waals surface area contributed by atoms with Crippen LogP contribution in [0.4, 0.5) is 4.79 Å². The predicted molar refractivity (Wildman–Crippen MR) is 92.0 cm³/mol. The van der Waals surface area contributed by atoms with Gasteiger partial charge >= 0.3 is 11.7 Å². The highest BCUT2D eigenvalue weighted by atomic mass is 35.5. The molecule has 2 aromatic heterocycles. The molecule has 1 aromatic carbocycles. The topological polar surface area (TPSA) is 94.7 Å². The zero-order valence-electron chi connectivity index (χ0n) is 13.2. The smallest absolute Gasteiger partial charge is 0.336 e. The van der Waals surface area contributed by atoms with Crippen molar-refractivity contribution in [3.05, 3.63) is 69.9 Å². The Bertz CT molecular complexity index is 904. The molecule has 0 unspecified atom stereocenters. The summed E-state index contributed by atoms with van der Waals surface area (Å²) >= 11 is 5.71. The number of tetrazole rings is 1. The normalized spacial score (nSPS) is 10.6. The van der Waals surface area contributed by atoms with Crippen molar-refractivity contribution in [1.82, 2.24) is 30.1 Å². The van der Waals surface area contributed by atoms with E-state index in [-0.39, 0.29) is 0 Å². The fraction of sp³-hybridized carbons (Fsp3) is 0.188. The van der Waals surface area contributed by atoms with E-state index in [1.165, 1.54) is 17.8 Å². The number of halogens is 1. The first-order valence-corrected chi connectivity index (χ1v) is 8.02. The number of nitrogens with one attached hydrogen (secondary N) is 1. The summed E-state index contributed by atoms with van der Waals surface area (Å²) in [7, 11) is 0. The molecular weight excluding hydrogens is 344 g/mol. The maximum absolute atomic E-state index is 12.2. The zero-order chi connectivity index (χ0) is 17.6. The first-order valence-electron chi connectivity index (χ1n) is 7.64. The lowest BCUT2D eigenvalue weighted by Crippen LogP contribution is -2.38. The molecule has 0 radical (unpaired) electrons. The molecule has 0 aliphatic carbocycles. The first-order chi connectivity index (χ1) is 12.1. The molecule has 8 nitrogen and oxygen atoms in total. The summed E-state index contributed by atoms with van der Waals surface area (Å²) in [6.45, 7) is 0.426. The maximum atomic E-state index is 12.2. The molecule has 0 bridgehead atoms. The molecule has 0 saturated heterocycles. The van der Waals surface area contributed by atoms with Gasteiger partial charge in [-0.15, -0.1) is 4.68 Å². The van der Waals surface area contributed by atoms with Crippen LogP contribution >= 0.6 is 11.6 Å². The molecule has 3 rings (SSSR count). The molecule has 3 aromatic rings. The van der Waals surface area contributed by atoms with E-state index in [0.717, 1.165) is 17.5 Å². The number of hydrogen-bond donors (Lipinski definition) is 1. The molecule has 0 fully saturated rings. The van der Waals surface area contributed by atoms with Crippen molar-refractivity contribution in [2.75, 3.05) is 6.54 Å². The van der Waals surface area contributed by atoms with Gasteiger partial charge in [0.2, 0.25) is 0 Å². The molecule has 2 heterocycles. The minimum atomic E-state index is -0.676. The average molecular weight is 359 g/mol. The molecule has 0 aliphatic rings. The van der Waals surface area contributed by atoms with Gasteiger partial charge in [-0.2, -0.15) is 4.68 Å². The third kappa shape index (κ3) is 4.10. The Hall–Kier alpha value is -3.00. The lowest BCUT2D eigenvalue weighted by molar-refractivity contribution is 0.238. The van der Waals surface area contributed by atoms with E-state index in [4.69, 9.17) is 11.6 Å². The van der Waals surface area contributed by atoms with Crippen molar-refractivity contribution in [1.29, 1.82) is 0 Å². The fourth-order valence-corrected chi connectivity index (χ4v) is 2.35. The highest BCUT2D eigenvalue weighted by Gasteiger charge is 2.15. The third-order valence-electron chi connectivity index (χ3n) is 3.49. The van der Waals surface area contributed by atoms with Crippen molar-refractivity contribution >= 4 is 17.6 Å². The second-order valence-corrected chi connectivity index (χ2v) is 5.63. The molecule has 25 heavy (non-hydrogen) atoms. The van der Waals surface area contributed by atoms with E-state index in [1.807, 2.05) is 30.3 Å². The Balaban J connectivity index is 1.59. The molecule has 1 N–H and O–H groups in total. The van der Waals surface area contributed by atoms with E-state index >= 15 is 0 Å². The number of amides is 1. The summed E-state index contributed by atoms with van der Waals surface area (Å²) < 4.78 is 1.66.